The Kier molecular flexibility index (Phi) is 2.39. The number of benzene rings is 1. The summed E-state index contributed by atoms with van der Waals surface area (Å²) >= 11 is 0. The highest BCUT2D eigenvalue weighted by Gasteiger charge is 2.36. The lowest BCUT2D eigenvalue weighted by molar-refractivity contribution is 0.131. The van der Waals surface area contributed by atoms with Gasteiger partial charge in [0.25, 0.3) is 0 Å². The first-order chi connectivity index (χ1) is 7.09. The van der Waals surface area contributed by atoms with E-state index in [1.807, 2.05) is 32.0 Å². The van der Waals surface area contributed by atoms with Crippen molar-refractivity contribution in [3.8, 4) is 0 Å². The Balaban J connectivity index is 2.29. The zero-order valence-corrected chi connectivity index (χ0v) is 9.23. The van der Waals surface area contributed by atoms with Gasteiger partial charge in [0.1, 0.15) is 6.10 Å². The monoisotopic (exact) mass is 205 g/mol. The van der Waals surface area contributed by atoms with Crippen molar-refractivity contribution >= 4 is 6.09 Å². The van der Waals surface area contributed by atoms with E-state index in [1.54, 1.807) is 11.9 Å². The van der Waals surface area contributed by atoms with Gasteiger partial charge in [0.2, 0.25) is 0 Å². The molecular weight excluding hydrogens is 190 g/mol. The van der Waals surface area contributed by atoms with Crippen LogP contribution in [0.5, 0.6) is 0 Å². The van der Waals surface area contributed by atoms with Gasteiger partial charge >= 0.3 is 6.09 Å². The third kappa shape index (κ3) is 1.69. The molecule has 0 aromatic heterocycles. The number of cyclic esters (lactones) is 1. The van der Waals surface area contributed by atoms with Gasteiger partial charge in [-0.15, -0.1) is 0 Å². The Morgan fingerprint density at radius 1 is 1.40 bits per heavy atom. The van der Waals surface area contributed by atoms with Crippen LogP contribution in [-0.4, -0.2) is 24.1 Å². The van der Waals surface area contributed by atoms with Crippen molar-refractivity contribution in [3.05, 3.63) is 35.4 Å². The maximum absolute atomic E-state index is 11.4. The van der Waals surface area contributed by atoms with E-state index in [-0.39, 0.29) is 18.2 Å². The number of carbonyl (C=O) groups is 1. The highest BCUT2D eigenvalue weighted by molar-refractivity contribution is 5.70. The summed E-state index contributed by atoms with van der Waals surface area (Å²) in [6.07, 6.45) is -0.378. The summed E-state index contributed by atoms with van der Waals surface area (Å²) in [6, 6.07) is 8.19. The lowest BCUT2D eigenvalue weighted by atomic mass is 10.0. The molecule has 0 unspecified atom stereocenters. The number of likely N-dealkylation sites (N-methyl/N-ethyl adjacent to an activating group) is 1. The first-order valence-corrected chi connectivity index (χ1v) is 5.09. The fourth-order valence-electron chi connectivity index (χ4n) is 1.85. The van der Waals surface area contributed by atoms with Crippen molar-refractivity contribution in [1.29, 1.82) is 0 Å². The number of ether oxygens (including phenoxy) is 1. The largest absolute Gasteiger partial charge is 0.439 e. The van der Waals surface area contributed by atoms with Gasteiger partial charge in [0.05, 0.1) is 6.04 Å². The molecule has 1 aliphatic heterocycles. The second kappa shape index (κ2) is 3.57. The van der Waals surface area contributed by atoms with Gasteiger partial charge in [0.15, 0.2) is 0 Å². The molecule has 3 heteroatoms. The predicted octanol–water partition coefficient (Wildman–Crippen LogP) is 2.51. The third-order valence-corrected chi connectivity index (χ3v) is 2.94. The van der Waals surface area contributed by atoms with Crippen LogP contribution in [0.4, 0.5) is 4.79 Å². The molecule has 0 aliphatic carbocycles. The number of hydrogen-bond acceptors (Lipinski definition) is 2. The van der Waals surface area contributed by atoms with Crippen LogP contribution in [0.3, 0.4) is 0 Å². The third-order valence-electron chi connectivity index (χ3n) is 2.94. The maximum atomic E-state index is 11.4. The van der Waals surface area contributed by atoms with Crippen molar-refractivity contribution < 1.29 is 9.53 Å². The van der Waals surface area contributed by atoms with E-state index in [2.05, 4.69) is 6.07 Å². The average molecular weight is 205 g/mol. The van der Waals surface area contributed by atoms with Gasteiger partial charge in [-0.3, -0.25) is 0 Å². The van der Waals surface area contributed by atoms with Crippen molar-refractivity contribution in [3.63, 3.8) is 0 Å². The molecule has 0 saturated carbocycles. The predicted molar refractivity (Wildman–Crippen MR) is 57.6 cm³/mol. The van der Waals surface area contributed by atoms with Crippen LogP contribution in [0.25, 0.3) is 0 Å². The summed E-state index contributed by atoms with van der Waals surface area (Å²) in [6.45, 7) is 4.03. The fourth-order valence-corrected chi connectivity index (χ4v) is 1.85. The molecule has 3 nitrogen and oxygen atoms in total. The minimum Gasteiger partial charge on any atom is -0.439 e. The Labute approximate surface area is 89.7 Å². The van der Waals surface area contributed by atoms with E-state index < -0.39 is 0 Å². The quantitative estimate of drug-likeness (QED) is 0.705. The molecule has 0 radical (unpaired) electrons. The van der Waals surface area contributed by atoms with E-state index in [9.17, 15) is 4.79 Å². The van der Waals surface area contributed by atoms with Gasteiger partial charge in [0, 0.05) is 7.05 Å². The van der Waals surface area contributed by atoms with E-state index in [1.165, 1.54) is 5.56 Å². The van der Waals surface area contributed by atoms with Crippen LogP contribution in [0, 0.1) is 6.92 Å². The highest BCUT2D eigenvalue weighted by Crippen LogP contribution is 2.31. The number of carbonyl (C=O) groups excluding carboxylic acids is 1. The number of amides is 1. The van der Waals surface area contributed by atoms with Crippen molar-refractivity contribution in [1.82, 2.24) is 4.90 Å². The number of nitrogens with zero attached hydrogens (tertiary/aromatic N) is 1. The van der Waals surface area contributed by atoms with E-state index in [0.29, 0.717) is 0 Å². The molecular formula is C12H15NO2. The van der Waals surface area contributed by atoms with Crippen LogP contribution in [0.15, 0.2) is 24.3 Å². The van der Waals surface area contributed by atoms with Gasteiger partial charge < -0.3 is 9.64 Å². The Morgan fingerprint density at radius 3 is 2.67 bits per heavy atom. The normalized spacial score (nSPS) is 25.5. The minimum absolute atomic E-state index is 0.0966. The first-order valence-electron chi connectivity index (χ1n) is 5.09. The summed E-state index contributed by atoms with van der Waals surface area (Å²) in [4.78, 5) is 13.0. The molecule has 1 aromatic rings. The summed E-state index contributed by atoms with van der Waals surface area (Å²) < 4.78 is 5.31. The van der Waals surface area contributed by atoms with Crippen molar-refractivity contribution in [2.45, 2.75) is 26.0 Å². The number of hydrogen-bond donors (Lipinski definition) is 0. The van der Waals surface area contributed by atoms with Gasteiger partial charge in [-0.1, -0.05) is 29.8 Å². The second-order valence-electron chi connectivity index (χ2n) is 4.07. The molecule has 1 saturated heterocycles. The summed E-state index contributed by atoms with van der Waals surface area (Å²) in [7, 11) is 1.77. The molecule has 0 N–H and O–H groups in total. The van der Waals surface area contributed by atoms with Crippen LogP contribution in [0.2, 0.25) is 0 Å². The lowest BCUT2D eigenvalue weighted by Gasteiger charge is -2.16. The molecule has 2 rings (SSSR count). The molecule has 1 aromatic carbocycles. The van der Waals surface area contributed by atoms with Crippen LogP contribution < -0.4 is 0 Å². The Bertz CT molecular complexity index is 389. The standard InChI is InChI=1S/C12H15NO2/c1-8-5-4-6-10(7-8)11-9(2)13(3)12(14)15-11/h4-7,9,11H,1-3H3/t9-,11-/m0/s1. The van der Waals surface area contributed by atoms with Crippen molar-refractivity contribution in [2.24, 2.45) is 0 Å². The fraction of sp³-hybridized carbons (Fsp3) is 0.417. The Morgan fingerprint density at radius 2 is 2.13 bits per heavy atom. The maximum Gasteiger partial charge on any atom is 0.410 e. The number of rotatable bonds is 1. The molecule has 1 heterocycles. The molecule has 2 atom stereocenters. The van der Waals surface area contributed by atoms with Gasteiger partial charge in [-0.25, -0.2) is 4.79 Å². The molecule has 15 heavy (non-hydrogen) atoms. The number of aryl methyl sites for hydroxylation is 1. The molecule has 80 valence electrons. The first kappa shape index (κ1) is 10.0. The molecule has 1 aliphatic rings. The SMILES string of the molecule is Cc1cccc([C@H]2OC(=O)N(C)[C@H]2C)c1. The van der Waals surface area contributed by atoms with E-state index in [0.717, 1.165) is 5.56 Å². The Hall–Kier alpha value is -1.51. The zero-order chi connectivity index (χ0) is 11.0. The van der Waals surface area contributed by atoms with Crippen molar-refractivity contribution in [2.75, 3.05) is 7.05 Å². The minimum atomic E-state index is -0.242. The topological polar surface area (TPSA) is 29.5 Å². The highest BCUT2D eigenvalue weighted by atomic mass is 16.6. The molecule has 0 bridgehead atoms. The van der Waals surface area contributed by atoms with Gasteiger partial charge in [-0.2, -0.15) is 0 Å². The second-order valence-corrected chi connectivity index (χ2v) is 4.07. The van der Waals surface area contributed by atoms with E-state index >= 15 is 0 Å². The van der Waals surface area contributed by atoms with Crippen LogP contribution in [-0.2, 0) is 4.74 Å². The lowest BCUT2D eigenvalue weighted by Crippen LogP contribution is -2.27. The van der Waals surface area contributed by atoms with Crippen LogP contribution >= 0.6 is 0 Å². The molecule has 1 fully saturated rings. The summed E-state index contributed by atoms with van der Waals surface area (Å²) in [5.41, 5.74) is 2.26. The average Bonchev–Trinajstić information content (AvgIpc) is 2.46. The molecule has 1 amide bonds. The summed E-state index contributed by atoms with van der Waals surface area (Å²) in [5, 5.41) is 0. The smallest absolute Gasteiger partial charge is 0.410 e. The zero-order valence-electron chi connectivity index (χ0n) is 9.23. The molecule has 0 spiro atoms. The summed E-state index contributed by atoms with van der Waals surface area (Å²) in [5.74, 6) is 0. The van der Waals surface area contributed by atoms with Gasteiger partial charge in [-0.05, 0) is 19.4 Å². The van der Waals surface area contributed by atoms with Crippen LogP contribution in [0.1, 0.15) is 24.2 Å². The van der Waals surface area contributed by atoms with E-state index in [4.69, 9.17) is 4.74 Å².